The summed E-state index contributed by atoms with van der Waals surface area (Å²) in [5.74, 6) is 0.749. The molecule has 1 heterocycles. The second-order valence-corrected chi connectivity index (χ2v) is 7.39. The van der Waals surface area contributed by atoms with Crippen molar-refractivity contribution >= 4 is 39.9 Å². The summed E-state index contributed by atoms with van der Waals surface area (Å²) >= 11 is 8.59. The molecule has 1 N–H and O–H groups in total. The molecule has 0 spiro atoms. The predicted molar refractivity (Wildman–Crippen MR) is 96.7 cm³/mol. The van der Waals surface area contributed by atoms with Gasteiger partial charge in [0.15, 0.2) is 0 Å². The van der Waals surface area contributed by atoms with Crippen LogP contribution < -0.4 is 5.32 Å². The lowest BCUT2D eigenvalue weighted by atomic mass is 9.90. The maximum atomic E-state index is 6.30. The quantitative estimate of drug-likeness (QED) is 0.702. The fraction of sp³-hybridized carbons (Fsp3) is 0.625. The third-order valence-electron chi connectivity index (χ3n) is 4.19. The molecule has 1 atom stereocenters. The van der Waals surface area contributed by atoms with E-state index in [1.54, 1.807) is 0 Å². The second-order valence-electron chi connectivity index (χ2n) is 5.74. The Morgan fingerprint density at radius 2 is 2.10 bits per heavy atom. The van der Waals surface area contributed by atoms with E-state index >= 15 is 0 Å². The van der Waals surface area contributed by atoms with Gasteiger partial charge in [0, 0.05) is 9.61 Å². The lowest BCUT2D eigenvalue weighted by molar-refractivity contribution is 0.176. The van der Waals surface area contributed by atoms with Crippen molar-refractivity contribution in [3.63, 3.8) is 0 Å². The molecule has 2 nitrogen and oxygen atoms in total. The predicted octanol–water partition coefficient (Wildman–Crippen LogP) is 4.87. The van der Waals surface area contributed by atoms with Crippen LogP contribution in [0.15, 0.2) is 18.2 Å². The topological polar surface area (TPSA) is 15.3 Å². The zero-order valence-electron chi connectivity index (χ0n) is 12.3. The van der Waals surface area contributed by atoms with E-state index in [1.807, 2.05) is 6.07 Å². The molecule has 1 aliphatic heterocycles. The van der Waals surface area contributed by atoms with Crippen molar-refractivity contribution in [2.24, 2.45) is 5.92 Å². The summed E-state index contributed by atoms with van der Waals surface area (Å²) < 4.78 is 1.18. The molecule has 0 radical (unpaired) electrons. The lowest BCUT2D eigenvalue weighted by Gasteiger charge is -2.35. The number of benzene rings is 1. The molecule has 2 rings (SSSR count). The van der Waals surface area contributed by atoms with E-state index < -0.39 is 0 Å². The molecule has 1 aromatic rings. The Morgan fingerprint density at radius 1 is 1.40 bits per heavy atom. The first-order valence-electron chi connectivity index (χ1n) is 7.54. The number of nitrogens with one attached hydrogen (secondary N) is 1. The van der Waals surface area contributed by atoms with Gasteiger partial charge in [0.05, 0.1) is 10.7 Å². The van der Waals surface area contributed by atoms with Gasteiger partial charge in [-0.2, -0.15) is 0 Å². The van der Waals surface area contributed by atoms with Gasteiger partial charge in [0.25, 0.3) is 0 Å². The van der Waals surface area contributed by atoms with E-state index in [-0.39, 0.29) is 0 Å². The maximum absolute atomic E-state index is 6.30. The van der Waals surface area contributed by atoms with Gasteiger partial charge in [0.2, 0.25) is 0 Å². The molecule has 0 bridgehead atoms. The number of anilines is 1. The Hall–Kier alpha value is -0.0000000000000000555. The minimum Gasteiger partial charge on any atom is -0.381 e. The smallest absolute Gasteiger partial charge is 0.0648 e. The summed E-state index contributed by atoms with van der Waals surface area (Å²) in [5, 5.41) is 4.43. The third kappa shape index (κ3) is 4.50. The first kappa shape index (κ1) is 16.4. The summed E-state index contributed by atoms with van der Waals surface area (Å²) in [5.41, 5.74) is 1.07. The van der Waals surface area contributed by atoms with Crippen LogP contribution in [0, 0.1) is 9.49 Å². The zero-order chi connectivity index (χ0) is 14.5. The van der Waals surface area contributed by atoms with E-state index in [1.165, 1.54) is 42.5 Å². The van der Waals surface area contributed by atoms with Gasteiger partial charge in [-0.05, 0) is 92.5 Å². The van der Waals surface area contributed by atoms with Crippen molar-refractivity contribution in [1.82, 2.24) is 4.90 Å². The van der Waals surface area contributed by atoms with Crippen LogP contribution in [0.2, 0.25) is 5.02 Å². The van der Waals surface area contributed by atoms with Crippen LogP contribution in [0.5, 0.6) is 0 Å². The van der Waals surface area contributed by atoms with Crippen LogP contribution >= 0.6 is 34.2 Å². The van der Waals surface area contributed by atoms with Crippen molar-refractivity contribution in [3.05, 3.63) is 26.8 Å². The molecule has 1 fully saturated rings. The molecule has 1 aliphatic rings. The minimum atomic E-state index is 0.483. The summed E-state index contributed by atoms with van der Waals surface area (Å²) in [6, 6.07) is 6.69. The van der Waals surface area contributed by atoms with Crippen LogP contribution in [0.1, 0.15) is 33.1 Å². The van der Waals surface area contributed by atoms with Gasteiger partial charge in [-0.15, -0.1) is 0 Å². The number of hydrogen-bond acceptors (Lipinski definition) is 2. The molecule has 0 amide bonds. The van der Waals surface area contributed by atoms with Crippen molar-refractivity contribution < 1.29 is 0 Å². The molecule has 0 aromatic heterocycles. The fourth-order valence-corrected chi connectivity index (χ4v) is 3.87. The SMILES string of the molecule is CCCN1CCC(C(C)Nc2ccc(I)cc2Cl)CC1. The van der Waals surface area contributed by atoms with Crippen molar-refractivity contribution in [2.45, 2.75) is 39.2 Å². The Kier molecular flexibility index (Phi) is 6.43. The van der Waals surface area contributed by atoms with E-state index in [4.69, 9.17) is 11.6 Å². The van der Waals surface area contributed by atoms with Gasteiger partial charge in [0.1, 0.15) is 0 Å². The van der Waals surface area contributed by atoms with E-state index in [0.717, 1.165) is 16.6 Å². The highest BCUT2D eigenvalue weighted by atomic mass is 127. The van der Waals surface area contributed by atoms with Gasteiger partial charge < -0.3 is 10.2 Å². The van der Waals surface area contributed by atoms with Crippen molar-refractivity contribution in [2.75, 3.05) is 25.0 Å². The average molecular weight is 407 g/mol. The van der Waals surface area contributed by atoms with Crippen LogP contribution in [0.3, 0.4) is 0 Å². The third-order valence-corrected chi connectivity index (χ3v) is 5.18. The lowest BCUT2D eigenvalue weighted by Crippen LogP contribution is -2.39. The first-order chi connectivity index (χ1) is 9.60. The normalized spacial score (nSPS) is 19.0. The van der Waals surface area contributed by atoms with Gasteiger partial charge >= 0.3 is 0 Å². The highest BCUT2D eigenvalue weighted by Gasteiger charge is 2.23. The summed E-state index contributed by atoms with van der Waals surface area (Å²) in [4.78, 5) is 2.58. The average Bonchev–Trinajstić information content (AvgIpc) is 2.43. The number of hydrogen-bond donors (Lipinski definition) is 1. The number of piperidine rings is 1. The molecule has 0 aliphatic carbocycles. The van der Waals surface area contributed by atoms with Crippen LogP contribution in [0.4, 0.5) is 5.69 Å². The highest BCUT2D eigenvalue weighted by molar-refractivity contribution is 14.1. The Labute approximate surface area is 141 Å². The van der Waals surface area contributed by atoms with E-state index in [0.29, 0.717) is 6.04 Å². The highest BCUT2D eigenvalue weighted by Crippen LogP contribution is 2.28. The number of likely N-dealkylation sites (tertiary alicyclic amines) is 1. The Morgan fingerprint density at radius 3 is 2.70 bits per heavy atom. The molecule has 112 valence electrons. The largest absolute Gasteiger partial charge is 0.381 e. The molecular formula is C16H24ClIN2. The standard InChI is InChI=1S/C16H24ClIN2/c1-3-8-20-9-6-13(7-10-20)12(2)19-16-5-4-14(18)11-15(16)17/h4-5,11-13,19H,3,6-10H2,1-2H3. The molecular weight excluding hydrogens is 383 g/mol. The van der Waals surface area contributed by atoms with Gasteiger partial charge in [-0.25, -0.2) is 0 Å². The fourth-order valence-electron chi connectivity index (χ4n) is 2.96. The Bertz CT molecular complexity index is 430. The monoisotopic (exact) mass is 406 g/mol. The first-order valence-corrected chi connectivity index (χ1v) is 8.99. The molecule has 4 heteroatoms. The van der Waals surface area contributed by atoms with Crippen LogP contribution in [-0.2, 0) is 0 Å². The molecule has 1 aromatic carbocycles. The van der Waals surface area contributed by atoms with Gasteiger partial charge in [-0.1, -0.05) is 18.5 Å². The zero-order valence-corrected chi connectivity index (χ0v) is 15.2. The number of nitrogens with zero attached hydrogens (tertiary/aromatic N) is 1. The molecule has 20 heavy (non-hydrogen) atoms. The van der Waals surface area contributed by atoms with E-state index in [9.17, 15) is 0 Å². The van der Waals surface area contributed by atoms with Crippen LogP contribution in [-0.4, -0.2) is 30.6 Å². The van der Waals surface area contributed by atoms with Crippen LogP contribution in [0.25, 0.3) is 0 Å². The Balaban J connectivity index is 1.87. The van der Waals surface area contributed by atoms with Gasteiger partial charge in [-0.3, -0.25) is 0 Å². The minimum absolute atomic E-state index is 0.483. The van der Waals surface area contributed by atoms with Crippen molar-refractivity contribution in [1.29, 1.82) is 0 Å². The summed E-state index contributed by atoms with van der Waals surface area (Å²) in [6.07, 6.45) is 3.84. The van der Waals surface area contributed by atoms with E-state index in [2.05, 4.69) is 58.8 Å². The second kappa shape index (κ2) is 7.85. The molecule has 1 unspecified atom stereocenters. The summed E-state index contributed by atoms with van der Waals surface area (Å²) in [7, 11) is 0. The molecule has 1 saturated heterocycles. The number of rotatable bonds is 5. The molecule has 0 saturated carbocycles. The maximum Gasteiger partial charge on any atom is 0.0648 e. The number of halogens is 2. The van der Waals surface area contributed by atoms with Crippen molar-refractivity contribution in [3.8, 4) is 0 Å². The summed E-state index contributed by atoms with van der Waals surface area (Å²) in [6.45, 7) is 8.27.